The molecule has 0 bridgehead atoms. The maximum atomic E-state index is 9.70. The van der Waals surface area contributed by atoms with Gasteiger partial charge >= 0.3 is 0 Å². The molecule has 1 amide bonds. The van der Waals surface area contributed by atoms with Crippen LogP contribution in [0.1, 0.15) is 42.2 Å². The first-order valence-electron chi connectivity index (χ1n) is 6.79. The molecule has 1 aromatic carbocycles. The lowest BCUT2D eigenvalue weighted by molar-refractivity contribution is -0.118. The van der Waals surface area contributed by atoms with Gasteiger partial charge in [-0.2, -0.15) is 0 Å². The second-order valence-electron chi connectivity index (χ2n) is 5.30. The number of hydrogen-bond acceptors (Lipinski definition) is 2. The average molecular weight is 278 g/mol. The first-order valence-corrected chi connectivity index (χ1v) is 6.79. The van der Waals surface area contributed by atoms with Crippen LogP contribution < -0.4 is 10.2 Å². The number of anilines is 1. The summed E-state index contributed by atoms with van der Waals surface area (Å²) in [7, 11) is 3.80. The van der Waals surface area contributed by atoms with Gasteiger partial charge in [0.05, 0.1) is 0 Å². The molecule has 1 aliphatic heterocycles. The molecule has 3 nitrogen and oxygen atoms in total. The van der Waals surface area contributed by atoms with Gasteiger partial charge in [-0.05, 0) is 61.9 Å². The van der Waals surface area contributed by atoms with Gasteiger partial charge in [-0.25, -0.2) is 0 Å². The minimum atomic E-state index is 0. The van der Waals surface area contributed by atoms with Gasteiger partial charge < -0.3 is 10.2 Å². The Labute approximate surface area is 124 Å². The fourth-order valence-electron chi connectivity index (χ4n) is 2.58. The number of fused-ring (bicyclic) bond motifs is 1. The SMILES string of the molecule is C.CNC(C)=O.Cc1c(C)c(C)c2c(c1C)CCN2C. The fourth-order valence-corrected chi connectivity index (χ4v) is 2.58. The summed E-state index contributed by atoms with van der Waals surface area (Å²) in [6, 6.07) is 0. The Bertz CT molecular complexity index is 492. The van der Waals surface area contributed by atoms with Crippen molar-refractivity contribution in [3.63, 3.8) is 0 Å². The van der Waals surface area contributed by atoms with Crippen LogP contribution in [-0.4, -0.2) is 26.5 Å². The monoisotopic (exact) mass is 278 g/mol. The molecule has 0 aromatic heterocycles. The van der Waals surface area contributed by atoms with Gasteiger partial charge in [-0.15, -0.1) is 0 Å². The van der Waals surface area contributed by atoms with Crippen LogP contribution in [0.2, 0.25) is 0 Å². The zero-order valence-corrected chi connectivity index (χ0v) is 13.3. The molecule has 0 saturated heterocycles. The molecule has 1 aliphatic rings. The van der Waals surface area contributed by atoms with E-state index in [1.807, 2.05) is 0 Å². The topological polar surface area (TPSA) is 32.3 Å². The number of benzene rings is 1. The molecule has 1 aromatic rings. The van der Waals surface area contributed by atoms with Crippen LogP contribution in [-0.2, 0) is 11.2 Å². The zero-order valence-electron chi connectivity index (χ0n) is 13.3. The number of amides is 1. The molecule has 0 saturated carbocycles. The number of rotatable bonds is 0. The molecule has 1 heterocycles. The molecule has 0 spiro atoms. The Morgan fingerprint density at radius 3 is 1.95 bits per heavy atom. The van der Waals surface area contributed by atoms with Crippen molar-refractivity contribution in [1.29, 1.82) is 0 Å². The van der Waals surface area contributed by atoms with Crippen LogP contribution in [0.3, 0.4) is 0 Å². The highest BCUT2D eigenvalue weighted by molar-refractivity contribution is 5.72. The number of nitrogens with one attached hydrogen (secondary N) is 1. The standard InChI is InChI=1S/C13H19N.C3H7NO.CH4/c1-8-9(2)11(4)13-12(10(8)3)6-7-14(13)5;1-3(5)4-2;/h6-7H2,1-5H3;1-2H3,(H,4,5);1H4. The highest BCUT2D eigenvalue weighted by atomic mass is 16.1. The van der Waals surface area contributed by atoms with Gasteiger partial charge in [0, 0.05) is 33.3 Å². The molecule has 2 rings (SSSR count). The maximum absolute atomic E-state index is 9.70. The molecule has 1 N–H and O–H groups in total. The second kappa shape index (κ2) is 7.32. The fraction of sp³-hybridized carbons (Fsp3) is 0.588. The van der Waals surface area contributed by atoms with Crippen molar-refractivity contribution >= 4 is 11.6 Å². The van der Waals surface area contributed by atoms with Gasteiger partial charge in [-0.3, -0.25) is 4.79 Å². The summed E-state index contributed by atoms with van der Waals surface area (Å²) in [5.74, 6) is 0.00463. The summed E-state index contributed by atoms with van der Waals surface area (Å²) in [6.45, 7) is 11.7. The summed E-state index contributed by atoms with van der Waals surface area (Å²) in [6.07, 6.45) is 1.22. The predicted octanol–water partition coefficient (Wildman–Crippen LogP) is 3.30. The Hall–Kier alpha value is -1.51. The van der Waals surface area contributed by atoms with Crippen LogP contribution in [0.4, 0.5) is 5.69 Å². The average Bonchev–Trinajstić information content (AvgIpc) is 2.76. The van der Waals surface area contributed by atoms with Crippen molar-refractivity contribution in [2.75, 3.05) is 25.5 Å². The number of carbonyl (C=O) groups excluding carboxylic acids is 1. The Morgan fingerprint density at radius 2 is 1.50 bits per heavy atom. The summed E-state index contributed by atoms with van der Waals surface area (Å²) >= 11 is 0. The third-order valence-electron chi connectivity index (χ3n) is 4.21. The van der Waals surface area contributed by atoms with E-state index in [2.05, 4.69) is 45.0 Å². The summed E-state index contributed by atoms with van der Waals surface area (Å²) in [4.78, 5) is 12.1. The quantitative estimate of drug-likeness (QED) is 0.789. The van der Waals surface area contributed by atoms with Crippen LogP contribution in [0, 0.1) is 27.7 Å². The number of hydrogen-bond donors (Lipinski definition) is 1. The Morgan fingerprint density at radius 1 is 1.05 bits per heavy atom. The molecule has 0 fully saturated rings. The van der Waals surface area contributed by atoms with Gasteiger partial charge in [0.2, 0.25) is 5.91 Å². The van der Waals surface area contributed by atoms with Crippen molar-refractivity contribution in [1.82, 2.24) is 5.32 Å². The lowest BCUT2D eigenvalue weighted by Gasteiger charge is -2.20. The van der Waals surface area contributed by atoms with Crippen molar-refractivity contribution < 1.29 is 4.79 Å². The van der Waals surface area contributed by atoms with E-state index in [9.17, 15) is 4.79 Å². The van der Waals surface area contributed by atoms with E-state index < -0.39 is 0 Å². The lowest BCUT2D eigenvalue weighted by atomic mass is 9.92. The van der Waals surface area contributed by atoms with E-state index in [-0.39, 0.29) is 13.3 Å². The van der Waals surface area contributed by atoms with Crippen molar-refractivity contribution in [3.8, 4) is 0 Å². The third kappa shape index (κ3) is 3.53. The molecule has 0 unspecified atom stereocenters. The number of likely N-dealkylation sites (N-methyl/N-ethyl adjacent to an activating group) is 1. The second-order valence-corrected chi connectivity index (χ2v) is 5.30. The molecular formula is C17H30N2O. The van der Waals surface area contributed by atoms with Gasteiger partial charge in [0.25, 0.3) is 0 Å². The van der Waals surface area contributed by atoms with Crippen molar-refractivity contribution in [3.05, 3.63) is 27.8 Å². The predicted molar refractivity (Wildman–Crippen MR) is 88.8 cm³/mol. The lowest BCUT2D eigenvalue weighted by Crippen LogP contribution is -2.14. The molecular weight excluding hydrogens is 248 g/mol. The van der Waals surface area contributed by atoms with E-state index in [0.717, 1.165) is 0 Å². The summed E-state index contributed by atoms with van der Waals surface area (Å²) in [5.41, 5.74) is 9.00. The Kier molecular flexibility index (Phi) is 6.77. The summed E-state index contributed by atoms with van der Waals surface area (Å²) in [5, 5.41) is 2.39. The largest absolute Gasteiger partial charge is 0.374 e. The van der Waals surface area contributed by atoms with E-state index in [1.165, 1.54) is 47.8 Å². The zero-order chi connectivity index (χ0) is 14.7. The molecule has 0 atom stereocenters. The highest BCUT2D eigenvalue weighted by Gasteiger charge is 2.22. The van der Waals surface area contributed by atoms with E-state index >= 15 is 0 Å². The van der Waals surface area contributed by atoms with E-state index in [0.29, 0.717) is 0 Å². The molecule has 0 radical (unpaired) electrons. The first kappa shape index (κ1) is 18.5. The van der Waals surface area contributed by atoms with E-state index in [4.69, 9.17) is 0 Å². The Balaban J connectivity index is 0.000000526. The smallest absolute Gasteiger partial charge is 0.216 e. The van der Waals surface area contributed by atoms with Crippen LogP contribution in [0.5, 0.6) is 0 Å². The van der Waals surface area contributed by atoms with Gasteiger partial charge in [-0.1, -0.05) is 7.43 Å². The van der Waals surface area contributed by atoms with Crippen molar-refractivity contribution in [2.24, 2.45) is 0 Å². The summed E-state index contributed by atoms with van der Waals surface area (Å²) < 4.78 is 0. The van der Waals surface area contributed by atoms with Crippen LogP contribution >= 0.6 is 0 Å². The number of nitrogens with zero attached hydrogens (tertiary/aromatic N) is 1. The third-order valence-corrected chi connectivity index (χ3v) is 4.21. The minimum absolute atomic E-state index is 0. The molecule has 0 aliphatic carbocycles. The first-order chi connectivity index (χ1) is 8.81. The van der Waals surface area contributed by atoms with Crippen molar-refractivity contribution in [2.45, 2.75) is 48.5 Å². The van der Waals surface area contributed by atoms with E-state index in [1.54, 1.807) is 12.6 Å². The highest BCUT2D eigenvalue weighted by Crippen LogP contribution is 2.36. The van der Waals surface area contributed by atoms with Gasteiger partial charge in [0.15, 0.2) is 0 Å². The van der Waals surface area contributed by atoms with Crippen LogP contribution in [0.25, 0.3) is 0 Å². The minimum Gasteiger partial charge on any atom is -0.374 e. The molecule has 114 valence electrons. The normalized spacial score (nSPS) is 12.1. The van der Waals surface area contributed by atoms with Crippen LogP contribution in [0.15, 0.2) is 0 Å². The maximum Gasteiger partial charge on any atom is 0.216 e. The number of carbonyl (C=O) groups is 1. The molecule has 20 heavy (non-hydrogen) atoms. The van der Waals surface area contributed by atoms with Gasteiger partial charge in [0.1, 0.15) is 0 Å². The molecule has 3 heteroatoms.